The molecule has 0 saturated heterocycles. The van der Waals surface area contributed by atoms with Crippen molar-refractivity contribution in [1.82, 2.24) is 14.8 Å². The molecule has 0 aliphatic carbocycles. The largest absolute Gasteiger partial charge is 0.465 e. The summed E-state index contributed by atoms with van der Waals surface area (Å²) in [4.78, 5) is 29.3. The molecule has 0 aliphatic rings. The predicted molar refractivity (Wildman–Crippen MR) is 120 cm³/mol. The molecule has 0 radical (unpaired) electrons. The van der Waals surface area contributed by atoms with Crippen molar-refractivity contribution in [3.05, 3.63) is 89.6 Å². The van der Waals surface area contributed by atoms with Crippen LogP contribution in [0.4, 0.5) is 4.39 Å². The van der Waals surface area contributed by atoms with Gasteiger partial charge in [0, 0.05) is 17.3 Å². The summed E-state index contributed by atoms with van der Waals surface area (Å²) in [5.74, 6) is -2.03. The molecular formula is C25H20FN3O4. The van der Waals surface area contributed by atoms with E-state index in [1.807, 2.05) is 25.1 Å². The summed E-state index contributed by atoms with van der Waals surface area (Å²) in [6, 6.07) is 17.4. The normalized spacial score (nSPS) is 10.7. The average molecular weight is 445 g/mol. The van der Waals surface area contributed by atoms with E-state index < -0.39 is 17.9 Å². The zero-order valence-electron chi connectivity index (χ0n) is 18.2. The smallest absolute Gasteiger partial charge is 0.357 e. The van der Waals surface area contributed by atoms with E-state index in [0.717, 1.165) is 11.1 Å². The first-order valence-electron chi connectivity index (χ1n) is 10.0. The minimum Gasteiger partial charge on any atom is -0.465 e. The van der Waals surface area contributed by atoms with Gasteiger partial charge < -0.3 is 9.47 Å². The summed E-state index contributed by atoms with van der Waals surface area (Å²) in [6.07, 6.45) is 1.43. The molecule has 4 rings (SSSR count). The number of aryl methyl sites for hydroxylation is 1. The van der Waals surface area contributed by atoms with Crippen molar-refractivity contribution in [3.63, 3.8) is 0 Å². The molecule has 0 fully saturated rings. The third-order valence-corrected chi connectivity index (χ3v) is 5.07. The Morgan fingerprint density at radius 1 is 0.879 bits per heavy atom. The zero-order valence-corrected chi connectivity index (χ0v) is 18.2. The van der Waals surface area contributed by atoms with E-state index in [-0.39, 0.29) is 17.0 Å². The highest BCUT2D eigenvalue weighted by Gasteiger charge is 2.31. The molecule has 0 N–H and O–H groups in total. The van der Waals surface area contributed by atoms with E-state index in [1.54, 1.807) is 36.4 Å². The highest BCUT2D eigenvalue weighted by atomic mass is 19.1. The lowest BCUT2D eigenvalue weighted by Gasteiger charge is -2.08. The van der Waals surface area contributed by atoms with Gasteiger partial charge in [0.25, 0.3) is 0 Å². The van der Waals surface area contributed by atoms with E-state index in [0.29, 0.717) is 16.8 Å². The van der Waals surface area contributed by atoms with E-state index >= 15 is 0 Å². The minimum absolute atomic E-state index is 0.0121. The predicted octanol–water partition coefficient (Wildman–Crippen LogP) is 4.62. The first-order chi connectivity index (χ1) is 15.9. The second kappa shape index (κ2) is 9.04. The summed E-state index contributed by atoms with van der Waals surface area (Å²) < 4.78 is 24.6. The Bertz CT molecular complexity index is 1330. The molecule has 2 aromatic heterocycles. The number of pyridine rings is 1. The van der Waals surface area contributed by atoms with Crippen LogP contribution in [-0.2, 0) is 9.47 Å². The average Bonchev–Trinajstić information content (AvgIpc) is 3.24. The van der Waals surface area contributed by atoms with Crippen LogP contribution < -0.4 is 0 Å². The maximum Gasteiger partial charge on any atom is 0.357 e. The maximum absolute atomic E-state index is 13.3. The zero-order chi connectivity index (χ0) is 23.5. The molecule has 0 bridgehead atoms. The summed E-state index contributed by atoms with van der Waals surface area (Å²) >= 11 is 0. The van der Waals surface area contributed by atoms with Gasteiger partial charge in [-0.15, -0.1) is 0 Å². The number of hydrogen-bond donors (Lipinski definition) is 0. The van der Waals surface area contributed by atoms with Gasteiger partial charge in [-0.1, -0.05) is 24.3 Å². The third-order valence-electron chi connectivity index (χ3n) is 5.07. The fourth-order valence-electron chi connectivity index (χ4n) is 3.59. The molecule has 2 heterocycles. The number of methoxy groups -OCH3 is 2. The number of esters is 2. The molecule has 0 spiro atoms. The van der Waals surface area contributed by atoms with E-state index in [1.165, 1.54) is 31.2 Å². The van der Waals surface area contributed by atoms with Crippen molar-refractivity contribution in [2.24, 2.45) is 0 Å². The van der Waals surface area contributed by atoms with Gasteiger partial charge in [-0.05, 0) is 54.4 Å². The fraction of sp³-hybridized carbons (Fsp3) is 0.120. The number of benzene rings is 2. The first kappa shape index (κ1) is 21.9. The first-order valence-corrected chi connectivity index (χ1v) is 10.0. The lowest BCUT2D eigenvalue weighted by Crippen LogP contribution is -2.15. The van der Waals surface area contributed by atoms with Crippen LogP contribution in [-0.4, -0.2) is 40.9 Å². The Morgan fingerprint density at radius 3 is 2.21 bits per heavy atom. The van der Waals surface area contributed by atoms with Gasteiger partial charge in [0.1, 0.15) is 11.3 Å². The molecule has 0 aliphatic heterocycles. The minimum atomic E-state index is -0.728. The van der Waals surface area contributed by atoms with E-state index in [9.17, 15) is 14.0 Å². The second-order valence-electron chi connectivity index (χ2n) is 7.26. The van der Waals surface area contributed by atoms with E-state index in [2.05, 4.69) is 10.1 Å². The molecule has 166 valence electrons. The second-order valence-corrected chi connectivity index (χ2v) is 7.26. The number of aromatic nitrogens is 3. The number of para-hydroxylation sites is 1. The fourth-order valence-corrected chi connectivity index (χ4v) is 3.59. The molecule has 4 aromatic rings. The molecule has 0 atom stereocenters. The van der Waals surface area contributed by atoms with Gasteiger partial charge in [0.05, 0.1) is 19.9 Å². The molecular weight excluding hydrogens is 425 g/mol. The van der Waals surface area contributed by atoms with Crippen LogP contribution >= 0.6 is 0 Å². The lowest BCUT2D eigenvalue weighted by molar-refractivity contribution is 0.0549. The monoisotopic (exact) mass is 445 g/mol. The number of carbonyl (C=O) groups is 2. The van der Waals surface area contributed by atoms with Crippen LogP contribution in [0.25, 0.3) is 28.1 Å². The molecule has 0 amide bonds. The number of nitrogens with zero attached hydrogens (tertiary/aromatic N) is 3. The maximum atomic E-state index is 13.3. The Hall–Kier alpha value is -4.33. The van der Waals surface area contributed by atoms with Gasteiger partial charge in [0.2, 0.25) is 5.95 Å². The van der Waals surface area contributed by atoms with Crippen molar-refractivity contribution in [2.75, 3.05) is 14.2 Å². The van der Waals surface area contributed by atoms with Crippen LogP contribution in [0, 0.1) is 12.9 Å². The Morgan fingerprint density at radius 2 is 1.58 bits per heavy atom. The van der Waals surface area contributed by atoms with Gasteiger partial charge in [-0.3, -0.25) is 0 Å². The lowest BCUT2D eigenvalue weighted by atomic mass is 9.98. The van der Waals surface area contributed by atoms with Crippen LogP contribution in [0.2, 0.25) is 0 Å². The van der Waals surface area contributed by atoms with Crippen molar-refractivity contribution in [1.29, 1.82) is 0 Å². The van der Waals surface area contributed by atoms with Crippen molar-refractivity contribution in [2.45, 2.75) is 6.92 Å². The molecule has 7 nitrogen and oxygen atoms in total. The molecule has 2 aromatic carbocycles. The molecule has 0 unspecified atom stereocenters. The van der Waals surface area contributed by atoms with Gasteiger partial charge in [-0.25, -0.2) is 19.3 Å². The highest BCUT2D eigenvalue weighted by Crippen LogP contribution is 2.32. The quantitative estimate of drug-likeness (QED) is 0.329. The summed E-state index contributed by atoms with van der Waals surface area (Å²) in [7, 11) is 2.47. The number of rotatable bonds is 5. The SMILES string of the molecule is COC(=O)c1c(-c2cc(C)cc(-c3ccc(F)nc3)c2)nn(-c2ccccc2)c1C(=O)OC. The topological polar surface area (TPSA) is 83.3 Å². The van der Waals surface area contributed by atoms with E-state index in [4.69, 9.17) is 9.47 Å². The summed E-state index contributed by atoms with van der Waals surface area (Å²) in [5.41, 5.74) is 3.67. The van der Waals surface area contributed by atoms with Crippen LogP contribution in [0.3, 0.4) is 0 Å². The van der Waals surface area contributed by atoms with Crippen LogP contribution in [0.1, 0.15) is 26.4 Å². The van der Waals surface area contributed by atoms with Gasteiger partial charge in [-0.2, -0.15) is 9.49 Å². The summed E-state index contributed by atoms with van der Waals surface area (Å²) in [6.45, 7) is 1.89. The highest BCUT2D eigenvalue weighted by molar-refractivity contribution is 6.07. The standard InChI is InChI=1S/C25H20FN3O4/c1-15-11-17(16-9-10-20(26)27-14-16)13-18(12-15)22-21(24(30)32-2)23(25(31)33-3)29(28-22)19-7-5-4-6-8-19/h4-14H,1-3H3. The molecule has 33 heavy (non-hydrogen) atoms. The number of ether oxygens (including phenoxy) is 2. The number of carbonyl (C=O) groups excluding carboxylic acids is 2. The van der Waals surface area contributed by atoms with Crippen LogP contribution in [0.5, 0.6) is 0 Å². The molecule has 0 saturated carbocycles. The molecule has 8 heteroatoms. The number of halogens is 1. The number of hydrogen-bond acceptors (Lipinski definition) is 6. The third kappa shape index (κ3) is 4.23. The Kier molecular flexibility index (Phi) is 5.99. The van der Waals surface area contributed by atoms with Crippen LogP contribution in [0.15, 0.2) is 66.9 Å². The van der Waals surface area contributed by atoms with Crippen molar-refractivity contribution in [3.8, 4) is 28.1 Å². The van der Waals surface area contributed by atoms with Gasteiger partial charge in [0.15, 0.2) is 5.69 Å². The van der Waals surface area contributed by atoms with Gasteiger partial charge >= 0.3 is 11.9 Å². The van der Waals surface area contributed by atoms with Crippen molar-refractivity contribution >= 4 is 11.9 Å². The Labute approximate surface area is 189 Å². The summed E-state index contributed by atoms with van der Waals surface area (Å²) in [5, 5.41) is 4.62. The Balaban J connectivity index is 1.99. The van der Waals surface area contributed by atoms with Crippen molar-refractivity contribution < 1.29 is 23.5 Å².